The highest BCUT2D eigenvalue weighted by atomic mass is 19.1. The highest BCUT2D eigenvalue weighted by molar-refractivity contribution is 5.94. The summed E-state index contributed by atoms with van der Waals surface area (Å²) in [6.07, 6.45) is 2.38. The van der Waals surface area contributed by atoms with Crippen LogP contribution in [0.25, 0.3) is 0 Å². The molecule has 0 saturated heterocycles. The van der Waals surface area contributed by atoms with Crippen molar-refractivity contribution in [3.8, 4) is 5.75 Å². The van der Waals surface area contributed by atoms with Gasteiger partial charge in [-0.1, -0.05) is 12.1 Å². The van der Waals surface area contributed by atoms with Crippen LogP contribution in [-0.4, -0.2) is 27.9 Å². The van der Waals surface area contributed by atoms with Crippen molar-refractivity contribution in [2.24, 2.45) is 0 Å². The van der Waals surface area contributed by atoms with Crippen molar-refractivity contribution < 1.29 is 14.3 Å². The molecule has 98 valence electrons. The van der Waals surface area contributed by atoms with Crippen molar-refractivity contribution in [1.82, 2.24) is 9.88 Å². The second-order valence-electron chi connectivity index (χ2n) is 4.19. The van der Waals surface area contributed by atoms with Crippen molar-refractivity contribution in [1.29, 1.82) is 0 Å². The van der Waals surface area contributed by atoms with Crippen LogP contribution >= 0.6 is 0 Å². The summed E-state index contributed by atoms with van der Waals surface area (Å²) in [7, 11) is 1.58. The fourth-order valence-electron chi connectivity index (χ4n) is 1.75. The molecule has 1 aromatic carbocycles. The molecular weight excluding hydrogens is 247 g/mol. The minimum Gasteiger partial charge on any atom is -0.508 e. The second-order valence-corrected chi connectivity index (χ2v) is 4.19. The Kier molecular flexibility index (Phi) is 3.75. The normalized spacial score (nSPS) is 10.2. The molecule has 19 heavy (non-hydrogen) atoms. The van der Waals surface area contributed by atoms with E-state index in [1.807, 2.05) is 0 Å². The van der Waals surface area contributed by atoms with Crippen LogP contribution in [0.2, 0.25) is 0 Å². The Morgan fingerprint density at radius 3 is 2.89 bits per heavy atom. The van der Waals surface area contributed by atoms with Crippen LogP contribution in [0.5, 0.6) is 5.75 Å². The van der Waals surface area contributed by atoms with E-state index in [9.17, 15) is 14.3 Å². The van der Waals surface area contributed by atoms with Gasteiger partial charge in [0, 0.05) is 19.8 Å². The molecule has 0 saturated carbocycles. The second kappa shape index (κ2) is 5.48. The number of aromatic hydroxyl groups is 1. The number of carbonyl (C=O) groups is 1. The summed E-state index contributed by atoms with van der Waals surface area (Å²) in [5.74, 6) is -0.938. The number of nitrogens with zero attached hydrogens (tertiary/aromatic N) is 2. The highest BCUT2D eigenvalue weighted by Gasteiger charge is 2.16. The van der Waals surface area contributed by atoms with Crippen LogP contribution in [-0.2, 0) is 6.54 Å². The first kappa shape index (κ1) is 13.0. The largest absolute Gasteiger partial charge is 0.508 e. The molecule has 0 fully saturated rings. The molecule has 2 rings (SSSR count). The lowest BCUT2D eigenvalue weighted by atomic mass is 10.2. The maximum atomic E-state index is 13.5. The van der Waals surface area contributed by atoms with E-state index in [1.54, 1.807) is 31.3 Å². The van der Waals surface area contributed by atoms with Crippen molar-refractivity contribution in [3.63, 3.8) is 0 Å². The van der Waals surface area contributed by atoms with Gasteiger partial charge in [-0.25, -0.2) is 4.39 Å². The topological polar surface area (TPSA) is 53.4 Å². The van der Waals surface area contributed by atoms with Gasteiger partial charge in [-0.3, -0.25) is 9.78 Å². The number of hydrogen-bond acceptors (Lipinski definition) is 3. The standard InChI is InChI=1S/C14H13FN2O2/c1-17(9-10-3-2-4-11(18)7-10)14(19)12-5-6-16-8-13(12)15/h2-8,18H,9H2,1H3. The zero-order valence-electron chi connectivity index (χ0n) is 10.4. The number of phenols is 1. The molecule has 0 bridgehead atoms. The van der Waals surface area contributed by atoms with Crippen LogP contribution in [0.3, 0.4) is 0 Å². The number of phenolic OH excluding ortho intramolecular Hbond substituents is 1. The van der Waals surface area contributed by atoms with E-state index in [4.69, 9.17) is 0 Å². The van der Waals surface area contributed by atoms with Gasteiger partial charge in [0.2, 0.25) is 0 Å². The van der Waals surface area contributed by atoms with Gasteiger partial charge in [0.1, 0.15) is 5.75 Å². The number of aromatic nitrogens is 1. The number of amides is 1. The first-order valence-electron chi connectivity index (χ1n) is 5.71. The third-order valence-corrected chi connectivity index (χ3v) is 2.68. The van der Waals surface area contributed by atoms with Gasteiger partial charge < -0.3 is 10.0 Å². The lowest BCUT2D eigenvalue weighted by Crippen LogP contribution is -2.27. The maximum absolute atomic E-state index is 13.5. The minimum atomic E-state index is -0.643. The molecule has 0 atom stereocenters. The van der Waals surface area contributed by atoms with E-state index in [0.717, 1.165) is 11.8 Å². The van der Waals surface area contributed by atoms with Gasteiger partial charge in [0.15, 0.2) is 5.82 Å². The van der Waals surface area contributed by atoms with Crippen LogP contribution in [0.15, 0.2) is 42.7 Å². The number of rotatable bonds is 3. The maximum Gasteiger partial charge on any atom is 0.256 e. The molecule has 0 radical (unpaired) electrons. The highest BCUT2D eigenvalue weighted by Crippen LogP contribution is 2.14. The van der Waals surface area contributed by atoms with Crippen molar-refractivity contribution in [2.45, 2.75) is 6.54 Å². The van der Waals surface area contributed by atoms with Gasteiger partial charge in [0.25, 0.3) is 5.91 Å². The number of benzene rings is 1. The molecule has 1 heterocycles. The molecule has 0 aliphatic rings. The predicted octanol–water partition coefficient (Wildman–Crippen LogP) is 2.20. The van der Waals surface area contributed by atoms with E-state index >= 15 is 0 Å². The molecular formula is C14H13FN2O2. The Morgan fingerprint density at radius 1 is 1.42 bits per heavy atom. The first-order valence-corrected chi connectivity index (χ1v) is 5.71. The van der Waals surface area contributed by atoms with Crippen LogP contribution in [0.4, 0.5) is 4.39 Å². The smallest absolute Gasteiger partial charge is 0.256 e. The number of hydrogen-bond donors (Lipinski definition) is 1. The van der Waals surface area contributed by atoms with Gasteiger partial charge >= 0.3 is 0 Å². The number of carbonyl (C=O) groups excluding carboxylic acids is 1. The Balaban J connectivity index is 2.14. The Hall–Kier alpha value is -2.43. The summed E-state index contributed by atoms with van der Waals surface area (Å²) in [6, 6.07) is 7.93. The minimum absolute atomic E-state index is 0.0161. The fourth-order valence-corrected chi connectivity index (χ4v) is 1.75. The molecule has 2 aromatic rings. The third kappa shape index (κ3) is 3.07. The average Bonchev–Trinajstić information content (AvgIpc) is 2.38. The number of halogens is 1. The van der Waals surface area contributed by atoms with E-state index in [2.05, 4.69) is 4.98 Å². The van der Waals surface area contributed by atoms with E-state index in [-0.39, 0.29) is 17.9 Å². The summed E-state index contributed by atoms with van der Waals surface area (Å²) < 4.78 is 13.5. The van der Waals surface area contributed by atoms with Crippen LogP contribution in [0, 0.1) is 5.82 Å². The summed E-state index contributed by atoms with van der Waals surface area (Å²) in [6.45, 7) is 0.287. The predicted molar refractivity (Wildman–Crippen MR) is 68.1 cm³/mol. The number of pyridine rings is 1. The molecule has 5 heteroatoms. The van der Waals surface area contributed by atoms with Gasteiger partial charge in [-0.05, 0) is 23.8 Å². The summed E-state index contributed by atoms with van der Waals surface area (Å²) >= 11 is 0. The molecule has 0 aliphatic heterocycles. The Bertz CT molecular complexity index is 602. The van der Waals surface area contributed by atoms with Crippen LogP contribution < -0.4 is 0 Å². The van der Waals surface area contributed by atoms with Gasteiger partial charge in [-0.15, -0.1) is 0 Å². The van der Waals surface area contributed by atoms with Crippen molar-refractivity contribution in [3.05, 3.63) is 59.7 Å². The molecule has 4 nitrogen and oxygen atoms in total. The van der Waals surface area contributed by atoms with Crippen molar-refractivity contribution >= 4 is 5.91 Å². The summed E-state index contributed by atoms with van der Waals surface area (Å²) in [4.78, 5) is 17.0. The average molecular weight is 260 g/mol. The zero-order valence-corrected chi connectivity index (χ0v) is 10.4. The fraction of sp³-hybridized carbons (Fsp3) is 0.143. The van der Waals surface area contributed by atoms with E-state index < -0.39 is 11.7 Å². The quantitative estimate of drug-likeness (QED) is 0.920. The van der Waals surface area contributed by atoms with Gasteiger partial charge in [-0.2, -0.15) is 0 Å². The SMILES string of the molecule is CN(Cc1cccc(O)c1)C(=O)c1ccncc1F. The lowest BCUT2D eigenvalue weighted by molar-refractivity contribution is 0.0780. The summed E-state index contributed by atoms with van der Waals surface area (Å²) in [5, 5.41) is 9.35. The Morgan fingerprint density at radius 2 is 2.21 bits per heavy atom. The summed E-state index contributed by atoms with van der Waals surface area (Å²) in [5.41, 5.74) is 0.753. The Labute approximate surface area is 110 Å². The molecule has 0 spiro atoms. The molecule has 1 aromatic heterocycles. The first-order chi connectivity index (χ1) is 9.08. The molecule has 0 unspecified atom stereocenters. The lowest BCUT2D eigenvalue weighted by Gasteiger charge is -2.17. The molecule has 1 amide bonds. The zero-order chi connectivity index (χ0) is 13.8. The van der Waals surface area contributed by atoms with Crippen LogP contribution in [0.1, 0.15) is 15.9 Å². The third-order valence-electron chi connectivity index (χ3n) is 2.68. The monoisotopic (exact) mass is 260 g/mol. The van der Waals surface area contributed by atoms with E-state index in [1.165, 1.54) is 17.2 Å². The molecule has 1 N–H and O–H groups in total. The molecule has 0 aliphatic carbocycles. The van der Waals surface area contributed by atoms with Gasteiger partial charge in [0.05, 0.1) is 11.8 Å². The van der Waals surface area contributed by atoms with E-state index in [0.29, 0.717) is 0 Å². The van der Waals surface area contributed by atoms with Crippen molar-refractivity contribution in [2.75, 3.05) is 7.05 Å².